The maximum absolute atomic E-state index is 13.4. The molecule has 0 fully saturated rings. The maximum Gasteiger partial charge on any atom is 0.238 e. The van der Waals surface area contributed by atoms with Crippen molar-refractivity contribution in [3.05, 3.63) is 29.8 Å². The summed E-state index contributed by atoms with van der Waals surface area (Å²) in [7, 11) is 0. The van der Waals surface area contributed by atoms with Gasteiger partial charge in [-0.1, -0.05) is 32.8 Å². The van der Waals surface area contributed by atoms with Crippen molar-refractivity contribution in [2.45, 2.75) is 39.7 Å². The van der Waals surface area contributed by atoms with E-state index in [-0.39, 0.29) is 12.6 Å². The average molecular weight is 284 g/mol. The van der Waals surface area contributed by atoms with E-state index in [4.69, 9.17) is 0 Å². The highest BCUT2D eigenvalue weighted by Gasteiger charge is 2.15. The van der Waals surface area contributed by atoms with Gasteiger partial charge in [-0.15, -0.1) is 0 Å². The zero-order valence-electron chi connectivity index (χ0n) is 12.2. The number of carbonyl (C=O) groups excluding carboxylic acids is 1. The van der Waals surface area contributed by atoms with E-state index in [1.54, 1.807) is 0 Å². The van der Waals surface area contributed by atoms with Gasteiger partial charge in [0.25, 0.3) is 0 Å². The number of nitrogens with one attached hydrogen (secondary N) is 2. The first kappa shape index (κ1) is 16.6. The van der Waals surface area contributed by atoms with Crippen LogP contribution in [0.1, 0.15) is 33.6 Å². The van der Waals surface area contributed by atoms with Crippen LogP contribution in [0.15, 0.2) is 18.2 Å². The van der Waals surface area contributed by atoms with Crippen molar-refractivity contribution in [1.82, 2.24) is 5.32 Å². The van der Waals surface area contributed by atoms with Crippen LogP contribution in [0, 0.1) is 17.6 Å². The van der Waals surface area contributed by atoms with Crippen molar-refractivity contribution in [1.29, 1.82) is 0 Å². The molecule has 5 heteroatoms. The third kappa shape index (κ3) is 4.56. The topological polar surface area (TPSA) is 41.1 Å². The molecule has 1 aromatic rings. The van der Waals surface area contributed by atoms with Gasteiger partial charge in [0.05, 0.1) is 6.54 Å². The van der Waals surface area contributed by atoms with Gasteiger partial charge in [0.15, 0.2) is 0 Å². The van der Waals surface area contributed by atoms with Crippen molar-refractivity contribution in [3.63, 3.8) is 0 Å². The lowest BCUT2D eigenvalue weighted by Crippen LogP contribution is -2.38. The minimum atomic E-state index is -0.772. The van der Waals surface area contributed by atoms with Gasteiger partial charge < -0.3 is 10.6 Å². The van der Waals surface area contributed by atoms with Crippen molar-refractivity contribution < 1.29 is 13.6 Å². The minimum Gasteiger partial charge on any atom is -0.320 e. The van der Waals surface area contributed by atoms with E-state index in [0.717, 1.165) is 25.0 Å². The fraction of sp³-hybridized carbons (Fsp3) is 0.533. The lowest BCUT2D eigenvalue weighted by Gasteiger charge is -2.22. The highest BCUT2D eigenvalue weighted by atomic mass is 19.1. The zero-order valence-corrected chi connectivity index (χ0v) is 12.2. The van der Waals surface area contributed by atoms with Crippen molar-refractivity contribution in [2.24, 2.45) is 5.92 Å². The van der Waals surface area contributed by atoms with Gasteiger partial charge in [-0.05, 0) is 25.0 Å². The second-order valence-electron chi connectivity index (χ2n) is 4.89. The quantitative estimate of drug-likeness (QED) is 0.806. The molecule has 1 aromatic carbocycles. The summed E-state index contributed by atoms with van der Waals surface area (Å²) in [6.45, 7) is 6.24. The van der Waals surface area contributed by atoms with Gasteiger partial charge in [0.2, 0.25) is 5.91 Å². The van der Waals surface area contributed by atoms with Gasteiger partial charge in [-0.3, -0.25) is 4.79 Å². The molecule has 0 aliphatic carbocycles. The molecule has 20 heavy (non-hydrogen) atoms. The van der Waals surface area contributed by atoms with Crippen molar-refractivity contribution in [3.8, 4) is 0 Å². The number of halogens is 2. The molecular weight excluding hydrogens is 262 g/mol. The van der Waals surface area contributed by atoms with E-state index in [0.29, 0.717) is 5.92 Å². The molecule has 1 unspecified atom stereocenters. The van der Waals surface area contributed by atoms with Crippen LogP contribution in [-0.4, -0.2) is 18.5 Å². The Balaban J connectivity index is 2.52. The number of benzene rings is 1. The average Bonchev–Trinajstić information content (AvgIpc) is 2.42. The molecule has 0 spiro atoms. The number of rotatable bonds is 7. The standard InChI is InChI=1S/C15H22F2N2O/c1-4-11(5-2)10(3)18-9-14(20)19-15-12(16)7-6-8-13(15)17/h6-8,10-11,18H,4-5,9H2,1-3H3,(H,19,20). The van der Waals surface area contributed by atoms with Crippen LogP contribution in [0.25, 0.3) is 0 Å². The molecule has 1 rings (SSSR count). The molecule has 2 N–H and O–H groups in total. The Morgan fingerprint density at radius 3 is 2.25 bits per heavy atom. The molecule has 3 nitrogen and oxygen atoms in total. The molecule has 0 aliphatic heterocycles. The lowest BCUT2D eigenvalue weighted by molar-refractivity contribution is -0.115. The molecule has 0 saturated carbocycles. The molecule has 0 aliphatic rings. The second kappa shape index (κ2) is 7.94. The zero-order chi connectivity index (χ0) is 15.1. The number of amides is 1. The summed E-state index contributed by atoms with van der Waals surface area (Å²) in [5.41, 5.74) is -0.394. The van der Waals surface area contributed by atoms with E-state index in [9.17, 15) is 13.6 Å². The van der Waals surface area contributed by atoms with Gasteiger partial charge in [0, 0.05) is 6.04 Å². The molecule has 0 saturated heterocycles. The van der Waals surface area contributed by atoms with Crippen LogP contribution >= 0.6 is 0 Å². The molecule has 0 bridgehead atoms. The first-order valence-corrected chi connectivity index (χ1v) is 6.96. The van der Waals surface area contributed by atoms with Crippen molar-refractivity contribution in [2.75, 3.05) is 11.9 Å². The summed E-state index contributed by atoms with van der Waals surface area (Å²) < 4.78 is 26.7. The number of hydrogen-bond donors (Lipinski definition) is 2. The number of hydrogen-bond acceptors (Lipinski definition) is 2. The van der Waals surface area contributed by atoms with Gasteiger partial charge in [0.1, 0.15) is 17.3 Å². The molecule has 0 aromatic heterocycles. The van der Waals surface area contributed by atoms with E-state index in [1.807, 2.05) is 6.92 Å². The molecule has 1 atom stereocenters. The van der Waals surface area contributed by atoms with Crippen LogP contribution in [0.3, 0.4) is 0 Å². The molecule has 1 amide bonds. The first-order chi connectivity index (χ1) is 9.49. The van der Waals surface area contributed by atoms with Crippen LogP contribution in [0.4, 0.5) is 14.5 Å². The molecular formula is C15H22F2N2O. The summed E-state index contributed by atoms with van der Waals surface area (Å²) in [5.74, 6) is -1.52. The fourth-order valence-electron chi connectivity index (χ4n) is 2.22. The molecule has 0 radical (unpaired) electrons. The van der Waals surface area contributed by atoms with E-state index < -0.39 is 23.2 Å². The SMILES string of the molecule is CCC(CC)C(C)NCC(=O)Nc1c(F)cccc1F. The minimum absolute atomic E-state index is 0.0332. The van der Waals surface area contributed by atoms with Crippen molar-refractivity contribution >= 4 is 11.6 Å². The summed E-state index contributed by atoms with van der Waals surface area (Å²) in [5, 5.41) is 5.34. The van der Waals surface area contributed by atoms with Crippen LogP contribution in [0.5, 0.6) is 0 Å². The second-order valence-corrected chi connectivity index (χ2v) is 4.89. The summed E-state index contributed by atoms with van der Waals surface area (Å²) in [6.07, 6.45) is 2.04. The third-order valence-electron chi connectivity index (χ3n) is 3.57. The van der Waals surface area contributed by atoms with Gasteiger partial charge in [-0.25, -0.2) is 8.78 Å². The highest BCUT2D eigenvalue weighted by Crippen LogP contribution is 2.17. The smallest absolute Gasteiger partial charge is 0.238 e. The number of anilines is 1. The maximum atomic E-state index is 13.4. The van der Waals surface area contributed by atoms with Gasteiger partial charge in [-0.2, -0.15) is 0 Å². The van der Waals surface area contributed by atoms with E-state index >= 15 is 0 Å². The Kier molecular flexibility index (Phi) is 6.58. The molecule has 0 heterocycles. The van der Waals surface area contributed by atoms with Crippen LogP contribution in [-0.2, 0) is 4.79 Å². The Morgan fingerprint density at radius 1 is 1.20 bits per heavy atom. The lowest BCUT2D eigenvalue weighted by atomic mass is 9.95. The number of carbonyl (C=O) groups is 1. The summed E-state index contributed by atoms with van der Waals surface area (Å²) in [6, 6.07) is 3.66. The Labute approximate surface area is 118 Å². The van der Waals surface area contributed by atoms with E-state index in [2.05, 4.69) is 24.5 Å². The largest absolute Gasteiger partial charge is 0.320 e. The van der Waals surface area contributed by atoms with Crippen LogP contribution < -0.4 is 10.6 Å². The normalized spacial score (nSPS) is 12.5. The monoisotopic (exact) mass is 284 g/mol. The van der Waals surface area contributed by atoms with Crippen LogP contribution in [0.2, 0.25) is 0 Å². The van der Waals surface area contributed by atoms with E-state index in [1.165, 1.54) is 6.07 Å². The highest BCUT2D eigenvalue weighted by molar-refractivity contribution is 5.92. The Bertz CT molecular complexity index is 427. The predicted molar refractivity (Wildman–Crippen MR) is 76.5 cm³/mol. The third-order valence-corrected chi connectivity index (χ3v) is 3.57. The molecule has 112 valence electrons. The first-order valence-electron chi connectivity index (χ1n) is 6.96. The Morgan fingerprint density at radius 2 is 1.75 bits per heavy atom. The summed E-state index contributed by atoms with van der Waals surface area (Å²) in [4.78, 5) is 11.7. The fourth-order valence-corrected chi connectivity index (χ4v) is 2.22. The summed E-state index contributed by atoms with van der Waals surface area (Å²) >= 11 is 0. The van der Waals surface area contributed by atoms with Gasteiger partial charge >= 0.3 is 0 Å². The number of para-hydroxylation sites is 1. The predicted octanol–water partition coefficient (Wildman–Crippen LogP) is 3.32. The Hall–Kier alpha value is -1.49.